The average Bonchev–Trinajstić information content (AvgIpc) is 2.29. The van der Waals surface area contributed by atoms with Crippen molar-refractivity contribution >= 4 is 11.6 Å². The molecule has 1 saturated heterocycles. The first-order valence-electron chi connectivity index (χ1n) is 5.75. The van der Waals surface area contributed by atoms with Gasteiger partial charge in [-0.15, -0.1) is 11.6 Å². The first-order chi connectivity index (χ1) is 7.78. The van der Waals surface area contributed by atoms with Gasteiger partial charge in [-0.05, 0) is 12.5 Å². The van der Waals surface area contributed by atoms with Crippen LogP contribution in [-0.4, -0.2) is 36.1 Å². The van der Waals surface area contributed by atoms with E-state index in [0.29, 0.717) is 5.88 Å². The number of benzene rings is 1. The topological polar surface area (TPSA) is 12.5 Å². The molecule has 1 aliphatic rings. The molecule has 2 nitrogen and oxygen atoms in total. The molecule has 1 aromatic rings. The predicted octanol–water partition coefficient (Wildman–Crippen LogP) is 2.51. The minimum atomic E-state index is 0.175. The SMILES string of the molecule is C[C@H]1CN(Cc2ccccc2)C[C@@H](CCl)O1. The minimum Gasteiger partial charge on any atom is -0.371 e. The van der Waals surface area contributed by atoms with E-state index in [2.05, 4.69) is 36.1 Å². The lowest BCUT2D eigenvalue weighted by Gasteiger charge is -2.36. The Labute approximate surface area is 102 Å². The van der Waals surface area contributed by atoms with Crippen LogP contribution in [0, 0.1) is 0 Å². The van der Waals surface area contributed by atoms with E-state index in [1.807, 2.05) is 6.07 Å². The Balaban J connectivity index is 1.94. The molecule has 16 heavy (non-hydrogen) atoms. The van der Waals surface area contributed by atoms with E-state index in [-0.39, 0.29) is 12.2 Å². The van der Waals surface area contributed by atoms with Crippen molar-refractivity contribution in [2.75, 3.05) is 19.0 Å². The lowest BCUT2D eigenvalue weighted by Crippen LogP contribution is -2.46. The summed E-state index contributed by atoms with van der Waals surface area (Å²) < 4.78 is 5.73. The number of ether oxygens (including phenoxy) is 1. The summed E-state index contributed by atoms with van der Waals surface area (Å²) in [6, 6.07) is 10.5. The molecule has 0 radical (unpaired) electrons. The number of nitrogens with zero attached hydrogens (tertiary/aromatic N) is 1. The van der Waals surface area contributed by atoms with Crippen molar-refractivity contribution in [3.8, 4) is 0 Å². The molecule has 0 aromatic heterocycles. The Hall–Kier alpha value is -0.570. The summed E-state index contributed by atoms with van der Waals surface area (Å²) >= 11 is 5.86. The van der Waals surface area contributed by atoms with Crippen LogP contribution in [0.1, 0.15) is 12.5 Å². The van der Waals surface area contributed by atoms with Gasteiger partial charge in [0.2, 0.25) is 0 Å². The number of morpholine rings is 1. The number of rotatable bonds is 3. The predicted molar refractivity (Wildman–Crippen MR) is 66.8 cm³/mol. The zero-order valence-corrected chi connectivity index (χ0v) is 10.4. The van der Waals surface area contributed by atoms with Crippen molar-refractivity contribution in [3.63, 3.8) is 0 Å². The van der Waals surface area contributed by atoms with Crippen molar-refractivity contribution in [2.24, 2.45) is 0 Å². The van der Waals surface area contributed by atoms with Gasteiger partial charge in [0.05, 0.1) is 12.2 Å². The highest BCUT2D eigenvalue weighted by molar-refractivity contribution is 6.18. The standard InChI is InChI=1S/C13H18ClNO/c1-11-8-15(10-13(7-14)16-11)9-12-5-3-2-4-6-12/h2-6,11,13H,7-10H2,1H3/t11-,13+/m0/s1. The molecule has 3 heteroatoms. The van der Waals surface area contributed by atoms with Crippen LogP contribution < -0.4 is 0 Å². The summed E-state index contributed by atoms with van der Waals surface area (Å²) in [6.45, 7) is 5.02. The third kappa shape index (κ3) is 3.21. The van der Waals surface area contributed by atoms with E-state index in [1.54, 1.807) is 0 Å². The number of halogens is 1. The van der Waals surface area contributed by atoms with Gasteiger partial charge in [-0.25, -0.2) is 0 Å². The van der Waals surface area contributed by atoms with Gasteiger partial charge in [-0.3, -0.25) is 4.90 Å². The molecule has 0 saturated carbocycles. The second-order valence-electron chi connectivity index (χ2n) is 4.40. The summed E-state index contributed by atoms with van der Waals surface area (Å²) in [5.41, 5.74) is 1.35. The Morgan fingerprint density at radius 1 is 1.31 bits per heavy atom. The molecule has 0 unspecified atom stereocenters. The first kappa shape index (κ1) is 11.9. The van der Waals surface area contributed by atoms with E-state index < -0.39 is 0 Å². The molecule has 0 aliphatic carbocycles. The van der Waals surface area contributed by atoms with E-state index >= 15 is 0 Å². The fourth-order valence-corrected chi connectivity index (χ4v) is 2.37. The van der Waals surface area contributed by atoms with Crippen molar-refractivity contribution in [2.45, 2.75) is 25.7 Å². The molecule has 88 valence electrons. The quantitative estimate of drug-likeness (QED) is 0.752. The molecule has 1 fully saturated rings. The fourth-order valence-electron chi connectivity index (χ4n) is 2.20. The molecule has 1 aromatic carbocycles. The van der Waals surface area contributed by atoms with Gasteiger partial charge >= 0.3 is 0 Å². The summed E-state index contributed by atoms with van der Waals surface area (Å²) in [5.74, 6) is 0.579. The van der Waals surface area contributed by atoms with Gasteiger partial charge in [0, 0.05) is 25.5 Å². The minimum absolute atomic E-state index is 0.175. The highest BCUT2D eigenvalue weighted by atomic mass is 35.5. The molecule has 0 bridgehead atoms. The van der Waals surface area contributed by atoms with Crippen LogP contribution in [0.25, 0.3) is 0 Å². The van der Waals surface area contributed by atoms with Crippen molar-refractivity contribution < 1.29 is 4.74 Å². The monoisotopic (exact) mass is 239 g/mol. The normalized spacial score (nSPS) is 26.9. The maximum Gasteiger partial charge on any atom is 0.0841 e. The first-order valence-corrected chi connectivity index (χ1v) is 6.29. The van der Waals surface area contributed by atoms with Crippen LogP contribution in [0.2, 0.25) is 0 Å². The molecular formula is C13H18ClNO. The van der Waals surface area contributed by atoms with Gasteiger partial charge in [-0.1, -0.05) is 30.3 Å². The molecule has 1 heterocycles. The number of hydrogen-bond acceptors (Lipinski definition) is 2. The maximum atomic E-state index is 5.86. The number of alkyl halides is 1. The highest BCUT2D eigenvalue weighted by Gasteiger charge is 2.24. The van der Waals surface area contributed by atoms with E-state index in [9.17, 15) is 0 Å². The fraction of sp³-hybridized carbons (Fsp3) is 0.538. The van der Waals surface area contributed by atoms with Gasteiger partial charge < -0.3 is 4.74 Å². The van der Waals surface area contributed by atoms with Crippen LogP contribution in [-0.2, 0) is 11.3 Å². The highest BCUT2D eigenvalue weighted by Crippen LogP contribution is 2.15. The molecule has 2 rings (SSSR count). The lowest BCUT2D eigenvalue weighted by atomic mass is 10.1. The van der Waals surface area contributed by atoms with Crippen LogP contribution in [0.5, 0.6) is 0 Å². The van der Waals surface area contributed by atoms with Crippen molar-refractivity contribution in [3.05, 3.63) is 35.9 Å². The molecular weight excluding hydrogens is 222 g/mol. The smallest absolute Gasteiger partial charge is 0.0841 e. The molecule has 2 atom stereocenters. The maximum absolute atomic E-state index is 5.86. The van der Waals surface area contributed by atoms with E-state index in [0.717, 1.165) is 19.6 Å². The molecule has 0 spiro atoms. The third-order valence-corrected chi connectivity index (χ3v) is 3.17. The Kier molecular flexibility index (Phi) is 4.22. The van der Waals surface area contributed by atoms with Crippen molar-refractivity contribution in [1.29, 1.82) is 0 Å². The lowest BCUT2D eigenvalue weighted by molar-refractivity contribution is -0.0688. The molecule has 0 amide bonds. The van der Waals surface area contributed by atoms with Gasteiger partial charge in [-0.2, -0.15) is 0 Å². The van der Waals surface area contributed by atoms with Crippen molar-refractivity contribution in [1.82, 2.24) is 4.90 Å². The molecule has 1 aliphatic heterocycles. The van der Waals surface area contributed by atoms with Gasteiger partial charge in [0.1, 0.15) is 0 Å². The van der Waals surface area contributed by atoms with E-state index in [1.165, 1.54) is 5.56 Å². The van der Waals surface area contributed by atoms with E-state index in [4.69, 9.17) is 16.3 Å². The van der Waals surface area contributed by atoms with Crippen LogP contribution in [0.3, 0.4) is 0 Å². The third-order valence-electron chi connectivity index (χ3n) is 2.82. The average molecular weight is 240 g/mol. The second kappa shape index (κ2) is 5.67. The van der Waals surface area contributed by atoms with Crippen LogP contribution in [0.15, 0.2) is 30.3 Å². The zero-order chi connectivity index (χ0) is 11.4. The summed E-state index contributed by atoms with van der Waals surface area (Å²) in [6.07, 6.45) is 0.454. The Morgan fingerprint density at radius 2 is 2.06 bits per heavy atom. The Morgan fingerprint density at radius 3 is 2.75 bits per heavy atom. The van der Waals surface area contributed by atoms with Gasteiger partial charge in [0.25, 0.3) is 0 Å². The summed E-state index contributed by atoms with van der Waals surface area (Å²) in [5, 5.41) is 0. The zero-order valence-electron chi connectivity index (χ0n) is 9.60. The second-order valence-corrected chi connectivity index (χ2v) is 4.71. The Bertz CT molecular complexity index is 317. The largest absolute Gasteiger partial charge is 0.371 e. The summed E-state index contributed by atoms with van der Waals surface area (Å²) in [7, 11) is 0. The molecule has 0 N–H and O–H groups in total. The number of hydrogen-bond donors (Lipinski definition) is 0. The summed E-state index contributed by atoms with van der Waals surface area (Å²) in [4.78, 5) is 2.41. The van der Waals surface area contributed by atoms with Crippen LogP contribution >= 0.6 is 11.6 Å². The van der Waals surface area contributed by atoms with Crippen LogP contribution in [0.4, 0.5) is 0 Å². The van der Waals surface area contributed by atoms with Gasteiger partial charge in [0.15, 0.2) is 0 Å².